The van der Waals surface area contributed by atoms with E-state index in [0.717, 1.165) is 30.1 Å². The van der Waals surface area contributed by atoms with Gasteiger partial charge in [0.1, 0.15) is 0 Å². The molecular formula is C18H28BrN5. The van der Waals surface area contributed by atoms with Gasteiger partial charge in [0, 0.05) is 49.8 Å². The number of nitrogens with one attached hydrogen (secondary N) is 2. The summed E-state index contributed by atoms with van der Waals surface area (Å²) in [6, 6.07) is 9.10. The predicted octanol–water partition coefficient (Wildman–Crippen LogP) is 2.07. The Morgan fingerprint density at radius 3 is 2.67 bits per heavy atom. The molecule has 3 aliphatic heterocycles. The molecular weight excluding hydrogens is 366 g/mol. The van der Waals surface area contributed by atoms with Crippen molar-refractivity contribution in [1.29, 1.82) is 0 Å². The van der Waals surface area contributed by atoms with Gasteiger partial charge in [-0.25, -0.2) is 0 Å². The minimum Gasteiger partial charge on any atom is -0.357 e. The Bertz CT molecular complexity index is 568. The fraction of sp³-hybridized carbons (Fsp3) is 0.611. The van der Waals surface area contributed by atoms with Crippen LogP contribution in [0.3, 0.4) is 0 Å². The van der Waals surface area contributed by atoms with Crippen molar-refractivity contribution in [3.63, 3.8) is 0 Å². The molecule has 5 nitrogen and oxygen atoms in total. The number of piperazine rings is 3. The summed E-state index contributed by atoms with van der Waals surface area (Å²) in [6.07, 6.45) is 0. The van der Waals surface area contributed by atoms with E-state index >= 15 is 0 Å². The van der Waals surface area contributed by atoms with Gasteiger partial charge in [0.15, 0.2) is 5.96 Å². The van der Waals surface area contributed by atoms with Crippen LogP contribution in [-0.2, 0) is 0 Å². The van der Waals surface area contributed by atoms with Crippen LogP contribution < -0.4 is 10.6 Å². The molecule has 2 unspecified atom stereocenters. The van der Waals surface area contributed by atoms with Crippen LogP contribution in [0.5, 0.6) is 0 Å². The molecule has 24 heavy (non-hydrogen) atoms. The molecule has 3 heterocycles. The lowest BCUT2D eigenvalue weighted by Crippen LogP contribution is -2.62. The summed E-state index contributed by atoms with van der Waals surface area (Å²) in [4.78, 5) is 10.0. The monoisotopic (exact) mass is 393 g/mol. The Hall–Kier alpha value is -1.11. The lowest BCUT2D eigenvalue weighted by molar-refractivity contribution is 0.0174. The van der Waals surface area contributed by atoms with Crippen molar-refractivity contribution in [3.05, 3.63) is 34.3 Å². The molecule has 0 spiro atoms. The number of hydrogen-bond donors (Lipinski definition) is 2. The highest BCUT2D eigenvalue weighted by molar-refractivity contribution is 9.10. The average molecular weight is 394 g/mol. The smallest absolute Gasteiger partial charge is 0.191 e. The van der Waals surface area contributed by atoms with Gasteiger partial charge < -0.3 is 10.6 Å². The van der Waals surface area contributed by atoms with Crippen LogP contribution in [0.2, 0.25) is 0 Å². The van der Waals surface area contributed by atoms with Gasteiger partial charge in [-0.15, -0.1) is 0 Å². The normalized spacial score (nSPS) is 27.8. The molecule has 0 radical (unpaired) electrons. The zero-order valence-corrected chi connectivity index (χ0v) is 16.2. The first-order valence-corrected chi connectivity index (χ1v) is 9.72. The molecule has 1 aromatic rings. The lowest BCUT2D eigenvalue weighted by Gasteiger charge is -2.47. The molecule has 3 aliphatic rings. The number of halogens is 1. The van der Waals surface area contributed by atoms with Crippen LogP contribution in [0.1, 0.15) is 25.5 Å². The van der Waals surface area contributed by atoms with Gasteiger partial charge in [0.2, 0.25) is 0 Å². The molecule has 1 aromatic carbocycles. The van der Waals surface area contributed by atoms with Crippen LogP contribution in [0.15, 0.2) is 33.7 Å². The maximum Gasteiger partial charge on any atom is 0.191 e. The highest BCUT2D eigenvalue weighted by Crippen LogP contribution is 2.22. The number of aliphatic imine (C=N–C) groups is 1. The van der Waals surface area contributed by atoms with Crippen LogP contribution in [-0.4, -0.2) is 67.6 Å². The summed E-state index contributed by atoms with van der Waals surface area (Å²) >= 11 is 3.64. The van der Waals surface area contributed by atoms with Gasteiger partial charge in [0.05, 0.1) is 12.6 Å². The van der Waals surface area contributed by atoms with Crippen LogP contribution in [0.25, 0.3) is 0 Å². The first kappa shape index (κ1) is 17.7. The molecule has 2 atom stereocenters. The van der Waals surface area contributed by atoms with Gasteiger partial charge in [-0.1, -0.05) is 34.1 Å². The molecule has 2 bridgehead atoms. The molecule has 6 heteroatoms. The maximum atomic E-state index is 4.86. The molecule has 3 saturated heterocycles. The van der Waals surface area contributed by atoms with Gasteiger partial charge in [-0.2, -0.15) is 0 Å². The minimum absolute atomic E-state index is 0.199. The van der Waals surface area contributed by atoms with Crippen molar-refractivity contribution in [3.8, 4) is 0 Å². The molecule has 4 rings (SSSR count). The summed E-state index contributed by atoms with van der Waals surface area (Å²) in [7, 11) is 0. The van der Waals surface area contributed by atoms with E-state index in [1.807, 2.05) is 6.07 Å². The predicted molar refractivity (Wildman–Crippen MR) is 103 cm³/mol. The Morgan fingerprint density at radius 1 is 1.29 bits per heavy atom. The topological polar surface area (TPSA) is 42.9 Å². The molecule has 0 aromatic heterocycles. The number of benzene rings is 1. The maximum absolute atomic E-state index is 4.86. The van der Waals surface area contributed by atoms with Crippen molar-refractivity contribution in [2.45, 2.75) is 25.9 Å². The third-order valence-corrected chi connectivity index (χ3v) is 5.64. The van der Waals surface area contributed by atoms with E-state index in [1.165, 1.54) is 31.7 Å². The Balaban J connectivity index is 1.62. The van der Waals surface area contributed by atoms with Gasteiger partial charge >= 0.3 is 0 Å². The van der Waals surface area contributed by atoms with Crippen LogP contribution in [0, 0.1) is 0 Å². The van der Waals surface area contributed by atoms with Crippen LogP contribution in [0.4, 0.5) is 0 Å². The fourth-order valence-corrected chi connectivity index (χ4v) is 4.15. The van der Waals surface area contributed by atoms with E-state index in [4.69, 9.17) is 4.99 Å². The lowest BCUT2D eigenvalue weighted by atomic mass is 10.1. The largest absolute Gasteiger partial charge is 0.357 e. The second kappa shape index (κ2) is 8.32. The van der Waals surface area contributed by atoms with Gasteiger partial charge in [-0.05, 0) is 25.5 Å². The van der Waals surface area contributed by atoms with Crippen LogP contribution >= 0.6 is 15.9 Å². The summed E-state index contributed by atoms with van der Waals surface area (Å²) < 4.78 is 1.13. The number of nitrogens with zero attached hydrogens (tertiary/aromatic N) is 3. The Morgan fingerprint density at radius 2 is 2.04 bits per heavy atom. The summed E-state index contributed by atoms with van der Waals surface area (Å²) in [5, 5.41) is 6.91. The summed E-state index contributed by atoms with van der Waals surface area (Å²) in [6.45, 7) is 12.0. The van der Waals surface area contributed by atoms with E-state index in [9.17, 15) is 0 Å². The highest BCUT2D eigenvalue weighted by Gasteiger charge is 2.31. The molecule has 2 N–H and O–H groups in total. The van der Waals surface area contributed by atoms with E-state index in [1.54, 1.807) is 0 Å². The molecule has 132 valence electrons. The third-order valence-electron chi connectivity index (χ3n) is 4.92. The molecule has 0 aliphatic carbocycles. The van der Waals surface area contributed by atoms with Crippen molar-refractivity contribution >= 4 is 21.9 Å². The van der Waals surface area contributed by atoms with Crippen molar-refractivity contribution in [2.24, 2.45) is 4.99 Å². The van der Waals surface area contributed by atoms with Gasteiger partial charge in [-0.3, -0.25) is 14.8 Å². The Labute approximate surface area is 153 Å². The number of rotatable bonds is 5. The van der Waals surface area contributed by atoms with Crippen molar-refractivity contribution in [2.75, 3.05) is 45.8 Å². The quantitative estimate of drug-likeness (QED) is 0.593. The van der Waals surface area contributed by atoms with Gasteiger partial charge in [0.25, 0.3) is 0 Å². The first-order valence-electron chi connectivity index (χ1n) is 8.93. The average Bonchev–Trinajstić information content (AvgIpc) is 2.61. The zero-order valence-electron chi connectivity index (χ0n) is 14.6. The van der Waals surface area contributed by atoms with E-state index in [-0.39, 0.29) is 6.04 Å². The highest BCUT2D eigenvalue weighted by atomic mass is 79.9. The first-order chi connectivity index (χ1) is 11.7. The van der Waals surface area contributed by atoms with E-state index in [2.05, 4.69) is 68.4 Å². The zero-order chi connectivity index (χ0) is 16.9. The third kappa shape index (κ3) is 4.29. The number of guanidine groups is 1. The Kier molecular flexibility index (Phi) is 6.14. The molecule has 3 fully saturated rings. The second-order valence-corrected chi connectivity index (χ2v) is 7.45. The molecule has 0 amide bonds. The SMILES string of the molecule is CCNC(=NCC1CN2CCN1CC2)NC(C)c1ccccc1Br. The van der Waals surface area contributed by atoms with E-state index in [0.29, 0.717) is 6.04 Å². The standard InChI is InChI=1S/C18H28BrN5/c1-3-20-18(22-14(2)16-6-4-5-7-17(16)19)21-12-15-13-23-8-10-24(15)11-9-23/h4-7,14-15H,3,8-13H2,1-2H3,(H2,20,21,22). The summed E-state index contributed by atoms with van der Waals surface area (Å²) in [5.74, 6) is 0.901. The van der Waals surface area contributed by atoms with Crippen molar-refractivity contribution in [1.82, 2.24) is 20.4 Å². The van der Waals surface area contributed by atoms with Crippen molar-refractivity contribution < 1.29 is 0 Å². The minimum atomic E-state index is 0.199. The number of hydrogen-bond acceptors (Lipinski definition) is 3. The molecule has 0 saturated carbocycles. The number of fused-ring (bicyclic) bond motifs is 3. The van der Waals surface area contributed by atoms with E-state index < -0.39 is 0 Å². The summed E-state index contributed by atoms with van der Waals surface area (Å²) in [5.41, 5.74) is 1.25. The fourth-order valence-electron chi connectivity index (χ4n) is 3.52. The second-order valence-electron chi connectivity index (χ2n) is 6.60.